The minimum absolute atomic E-state index is 0.0191. The van der Waals surface area contributed by atoms with Crippen molar-refractivity contribution in [3.05, 3.63) is 45.3 Å². The highest BCUT2D eigenvalue weighted by molar-refractivity contribution is 7.08. The van der Waals surface area contributed by atoms with Crippen LogP contribution >= 0.6 is 11.3 Å². The van der Waals surface area contributed by atoms with Crippen LogP contribution in [0.25, 0.3) is 0 Å². The quantitative estimate of drug-likeness (QED) is 0.760. The summed E-state index contributed by atoms with van der Waals surface area (Å²) in [5, 5.41) is 33.5. The van der Waals surface area contributed by atoms with Crippen LogP contribution in [0.3, 0.4) is 0 Å². The van der Waals surface area contributed by atoms with Crippen molar-refractivity contribution in [2.24, 2.45) is 17.1 Å². The van der Waals surface area contributed by atoms with E-state index < -0.39 is 28.9 Å². The van der Waals surface area contributed by atoms with Gasteiger partial charge < -0.3 is 15.4 Å². The van der Waals surface area contributed by atoms with Crippen molar-refractivity contribution < 1.29 is 9.53 Å². The van der Waals surface area contributed by atoms with Crippen molar-refractivity contribution in [3.8, 4) is 18.2 Å². The molecule has 8 heteroatoms. The molecule has 2 N–H and O–H groups in total. The number of fused-ring (bicyclic) bond motifs is 1. The van der Waals surface area contributed by atoms with Gasteiger partial charge in [-0.25, -0.2) is 4.79 Å². The second kappa shape index (κ2) is 7.28. The molecule has 2 aliphatic rings. The van der Waals surface area contributed by atoms with Crippen LogP contribution in [0, 0.1) is 45.3 Å². The molecular weight excluding hydrogens is 386 g/mol. The summed E-state index contributed by atoms with van der Waals surface area (Å²) in [6, 6.07) is 8.10. The normalized spacial score (nSPS) is 23.2. The fraction of sp³-hybridized carbons (Fsp3) is 0.429. The lowest BCUT2D eigenvalue weighted by Gasteiger charge is -2.45. The summed E-state index contributed by atoms with van der Waals surface area (Å²) in [5.41, 5.74) is 5.52. The van der Waals surface area contributed by atoms with Gasteiger partial charge in [-0.15, -0.1) is 0 Å². The summed E-state index contributed by atoms with van der Waals surface area (Å²) in [5.74, 6) is -1.02. The highest BCUT2D eigenvalue weighted by Gasteiger charge is 2.55. The number of ether oxygens (including phenoxy) is 1. The Morgan fingerprint density at radius 2 is 2.03 bits per heavy atom. The smallest absolute Gasteiger partial charge is 0.410 e. The second-order valence-corrected chi connectivity index (χ2v) is 8.90. The average molecular weight is 407 g/mol. The Morgan fingerprint density at radius 3 is 2.55 bits per heavy atom. The van der Waals surface area contributed by atoms with Gasteiger partial charge in [-0.05, 0) is 48.7 Å². The Bertz CT molecular complexity index is 997. The summed E-state index contributed by atoms with van der Waals surface area (Å²) in [6.07, 6.45) is 1.30. The Labute approximate surface area is 173 Å². The van der Waals surface area contributed by atoms with E-state index in [0.29, 0.717) is 5.57 Å². The first-order valence-electron chi connectivity index (χ1n) is 9.11. The van der Waals surface area contributed by atoms with Gasteiger partial charge in [-0.3, -0.25) is 0 Å². The molecule has 0 unspecified atom stereocenters. The molecule has 2 heterocycles. The summed E-state index contributed by atoms with van der Waals surface area (Å²) in [6.45, 7) is 5.86. The number of carbonyl (C=O) groups excluding carboxylic acids is 1. The molecule has 1 amide bonds. The van der Waals surface area contributed by atoms with E-state index in [1.807, 2.05) is 16.8 Å². The van der Waals surface area contributed by atoms with Crippen molar-refractivity contribution in [1.82, 2.24) is 4.90 Å². The van der Waals surface area contributed by atoms with E-state index in [-0.39, 0.29) is 24.4 Å². The molecule has 0 bridgehead atoms. The van der Waals surface area contributed by atoms with Gasteiger partial charge in [0.15, 0.2) is 5.41 Å². The van der Waals surface area contributed by atoms with Crippen molar-refractivity contribution in [2.45, 2.75) is 32.3 Å². The number of rotatable bonds is 1. The van der Waals surface area contributed by atoms with Crippen LogP contribution in [0.2, 0.25) is 0 Å². The first kappa shape index (κ1) is 20.5. The number of thiophene rings is 1. The molecule has 1 aliphatic carbocycles. The molecule has 148 valence electrons. The molecule has 1 aliphatic heterocycles. The third-order valence-corrected chi connectivity index (χ3v) is 5.92. The van der Waals surface area contributed by atoms with E-state index in [9.17, 15) is 20.6 Å². The lowest BCUT2D eigenvalue weighted by molar-refractivity contribution is 0.0225. The first-order chi connectivity index (χ1) is 13.7. The molecule has 0 radical (unpaired) electrons. The molecule has 0 saturated carbocycles. The van der Waals surface area contributed by atoms with E-state index >= 15 is 0 Å². The number of carbonyl (C=O) groups is 1. The number of amides is 1. The maximum atomic E-state index is 12.6. The Kier molecular flexibility index (Phi) is 5.13. The second-order valence-electron chi connectivity index (χ2n) is 8.12. The number of hydrogen-bond acceptors (Lipinski definition) is 7. The lowest BCUT2D eigenvalue weighted by Crippen LogP contribution is -2.50. The zero-order valence-corrected chi connectivity index (χ0v) is 17.3. The van der Waals surface area contributed by atoms with Crippen LogP contribution in [0.5, 0.6) is 0 Å². The fourth-order valence-corrected chi connectivity index (χ4v) is 4.68. The third-order valence-electron chi connectivity index (χ3n) is 5.22. The van der Waals surface area contributed by atoms with Gasteiger partial charge in [0.2, 0.25) is 0 Å². The molecule has 3 rings (SSSR count). The lowest BCUT2D eigenvalue weighted by atomic mass is 9.58. The molecule has 1 aromatic rings. The minimum atomic E-state index is -1.69. The summed E-state index contributed by atoms with van der Waals surface area (Å²) in [7, 11) is 0. The topological polar surface area (TPSA) is 127 Å². The Hall–Kier alpha value is -3.28. The van der Waals surface area contributed by atoms with Gasteiger partial charge in [-0.2, -0.15) is 27.1 Å². The number of hydrogen-bond donors (Lipinski definition) is 1. The van der Waals surface area contributed by atoms with Gasteiger partial charge in [0, 0.05) is 24.9 Å². The number of nitrogens with zero attached hydrogens (tertiary/aromatic N) is 4. The standard InChI is InChI=1S/C21H21N5O2S/c1-20(2,3)28-19(27)26-6-4-14-15(8-22)18(25)21(11-23,12-24)17(16(14)9-26)13-5-7-29-10-13/h4-5,7,10,16-17H,6,9,25H2,1-3H3/t16-,17+/m0/s1. The zero-order chi connectivity index (χ0) is 21.4. The molecule has 7 nitrogen and oxygen atoms in total. The number of nitriles is 3. The van der Waals surface area contributed by atoms with E-state index in [1.165, 1.54) is 16.2 Å². The maximum Gasteiger partial charge on any atom is 0.410 e. The Morgan fingerprint density at radius 1 is 1.34 bits per heavy atom. The van der Waals surface area contributed by atoms with Crippen LogP contribution in [-0.2, 0) is 4.74 Å². The molecular formula is C21H21N5O2S. The zero-order valence-electron chi connectivity index (χ0n) is 16.5. The highest BCUT2D eigenvalue weighted by atomic mass is 32.1. The molecule has 0 saturated heterocycles. The van der Waals surface area contributed by atoms with Crippen molar-refractivity contribution in [3.63, 3.8) is 0 Å². The summed E-state index contributed by atoms with van der Waals surface area (Å²) >= 11 is 1.45. The van der Waals surface area contributed by atoms with Gasteiger partial charge in [0.05, 0.1) is 23.4 Å². The van der Waals surface area contributed by atoms with Crippen LogP contribution in [-0.4, -0.2) is 29.7 Å². The van der Waals surface area contributed by atoms with E-state index in [1.54, 1.807) is 26.8 Å². The van der Waals surface area contributed by atoms with Crippen LogP contribution in [0.1, 0.15) is 32.3 Å². The number of nitrogens with two attached hydrogens (primary N) is 1. The SMILES string of the molecule is CC(C)(C)OC(=O)N1CC=C2C(C#N)=C(N)C(C#N)(C#N)[C@H](c3ccsc3)[C@H]2C1. The van der Waals surface area contributed by atoms with Gasteiger partial charge in [-0.1, -0.05) is 6.08 Å². The van der Waals surface area contributed by atoms with Crippen LogP contribution in [0.4, 0.5) is 4.79 Å². The highest BCUT2D eigenvalue weighted by Crippen LogP contribution is 2.54. The van der Waals surface area contributed by atoms with E-state index in [4.69, 9.17) is 10.5 Å². The Balaban J connectivity index is 2.14. The van der Waals surface area contributed by atoms with E-state index in [0.717, 1.165) is 5.56 Å². The maximum absolute atomic E-state index is 12.6. The van der Waals surface area contributed by atoms with Crippen molar-refractivity contribution in [2.75, 3.05) is 13.1 Å². The van der Waals surface area contributed by atoms with Gasteiger partial charge >= 0.3 is 6.09 Å². The predicted octanol–water partition coefficient (Wildman–Crippen LogP) is 3.41. The third kappa shape index (κ3) is 3.35. The van der Waals surface area contributed by atoms with Crippen molar-refractivity contribution in [1.29, 1.82) is 15.8 Å². The molecule has 0 aromatic carbocycles. The van der Waals surface area contributed by atoms with Crippen LogP contribution in [0.15, 0.2) is 39.7 Å². The summed E-state index contributed by atoms with van der Waals surface area (Å²) in [4.78, 5) is 14.2. The van der Waals surface area contributed by atoms with Crippen LogP contribution < -0.4 is 5.73 Å². The van der Waals surface area contributed by atoms with E-state index in [2.05, 4.69) is 18.2 Å². The molecule has 2 atom stereocenters. The minimum Gasteiger partial charge on any atom is -0.444 e. The number of allylic oxidation sites excluding steroid dienone is 2. The van der Waals surface area contributed by atoms with Crippen molar-refractivity contribution >= 4 is 17.4 Å². The molecule has 0 fully saturated rings. The largest absolute Gasteiger partial charge is 0.444 e. The molecule has 0 spiro atoms. The van der Waals surface area contributed by atoms with Gasteiger partial charge in [0.1, 0.15) is 11.7 Å². The average Bonchev–Trinajstić information content (AvgIpc) is 3.19. The predicted molar refractivity (Wildman–Crippen MR) is 107 cm³/mol. The first-order valence-corrected chi connectivity index (χ1v) is 10.1. The summed E-state index contributed by atoms with van der Waals surface area (Å²) < 4.78 is 5.49. The monoisotopic (exact) mass is 407 g/mol. The fourth-order valence-electron chi connectivity index (χ4n) is 3.98. The van der Waals surface area contributed by atoms with Gasteiger partial charge in [0.25, 0.3) is 0 Å². The molecule has 1 aromatic heterocycles. The molecule has 29 heavy (non-hydrogen) atoms.